The molecule has 15 heavy (non-hydrogen) atoms. The van der Waals surface area contributed by atoms with Crippen LogP contribution in [0.1, 0.15) is 20.8 Å². The Morgan fingerprint density at radius 2 is 2.00 bits per heavy atom. The highest BCUT2D eigenvalue weighted by molar-refractivity contribution is 5.87. The van der Waals surface area contributed by atoms with Crippen molar-refractivity contribution in [3.8, 4) is 0 Å². The summed E-state index contributed by atoms with van der Waals surface area (Å²) in [7, 11) is 1.56. The molecular formula is C9H15FN4O. The van der Waals surface area contributed by atoms with Gasteiger partial charge in [0, 0.05) is 20.0 Å². The summed E-state index contributed by atoms with van der Waals surface area (Å²) < 4.78 is 12.7. The lowest BCUT2D eigenvalue weighted by Crippen LogP contribution is -2.09. The number of aromatic nitrogens is 2. The number of hydrogen-bond acceptors (Lipinski definition) is 4. The van der Waals surface area contributed by atoms with Crippen molar-refractivity contribution < 1.29 is 9.18 Å². The molecule has 0 aliphatic carbocycles. The zero-order valence-electron chi connectivity index (χ0n) is 9.26. The molecule has 6 heteroatoms. The monoisotopic (exact) mass is 214 g/mol. The minimum Gasteiger partial charge on any atom is -0.357 e. The molecule has 0 saturated carbocycles. The lowest BCUT2D eigenvalue weighted by Gasteiger charge is -2.03. The quantitative estimate of drug-likeness (QED) is 0.734. The van der Waals surface area contributed by atoms with Crippen molar-refractivity contribution in [3.63, 3.8) is 0 Å². The van der Waals surface area contributed by atoms with Crippen LogP contribution in [0.5, 0.6) is 0 Å². The molecule has 0 aromatic carbocycles. The van der Waals surface area contributed by atoms with Crippen molar-refractivity contribution in [2.24, 2.45) is 0 Å². The molecule has 1 heterocycles. The number of nitrogens with one attached hydrogen (secondary N) is 2. The van der Waals surface area contributed by atoms with E-state index in [1.807, 2.05) is 13.8 Å². The molecular weight excluding hydrogens is 199 g/mol. The minimum absolute atomic E-state index is 0.128. The van der Waals surface area contributed by atoms with Crippen LogP contribution in [0.15, 0.2) is 6.07 Å². The summed E-state index contributed by atoms with van der Waals surface area (Å²) in [5.41, 5.74) is 0. The third kappa shape index (κ3) is 4.90. The Bertz CT molecular complexity index is 330. The highest BCUT2D eigenvalue weighted by Crippen LogP contribution is 2.07. The molecule has 1 rings (SSSR count). The van der Waals surface area contributed by atoms with Crippen LogP contribution in [0.4, 0.5) is 16.2 Å². The first kappa shape index (κ1) is 13.3. The van der Waals surface area contributed by atoms with Crippen molar-refractivity contribution in [3.05, 3.63) is 12.0 Å². The van der Waals surface area contributed by atoms with Gasteiger partial charge in [-0.25, -0.2) is 0 Å². The SMILES string of the molecule is CC.CNc1nc(F)cc(NC(C)=O)n1. The third-order valence-corrected chi connectivity index (χ3v) is 1.22. The van der Waals surface area contributed by atoms with Gasteiger partial charge < -0.3 is 10.6 Å². The number of hydrogen-bond donors (Lipinski definition) is 2. The fourth-order valence-corrected chi connectivity index (χ4v) is 0.774. The van der Waals surface area contributed by atoms with Crippen LogP contribution in [-0.2, 0) is 4.79 Å². The maximum atomic E-state index is 12.7. The largest absolute Gasteiger partial charge is 0.357 e. The minimum atomic E-state index is -0.692. The molecule has 84 valence electrons. The van der Waals surface area contributed by atoms with Crippen LogP contribution >= 0.6 is 0 Å². The molecule has 1 amide bonds. The van der Waals surface area contributed by atoms with Gasteiger partial charge in [-0.05, 0) is 0 Å². The molecule has 0 saturated heterocycles. The molecule has 0 aliphatic heterocycles. The van der Waals surface area contributed by atoms with Gasteiger partial charge in [0.2, 0.25) is 17.8 Å². The number of nitrogens with zero attached hydrogens (tertiary/aromatic N) is 2. The summed E-state index contributed by atoms with van der Waals surface area (Å²) in [5.74, 6) is -0.726. The third-order valence-electron chi connectivity index (χ3n) is 1.22. The number of rotatable bonds is 2. The number of halogens is 1. The van der Waals surface area contributed by atoms with E-state index in [1.54, 1.807) is 7.05 Å². The lowest BCUT2D eigenvalue weighted by molar-refractivity contribution is -0.114. The predicted octanol–water partition coefficient (Wildman–Crippen LogP) is 1.64. The van der Waals surface area contributed by atoms with Crippen LogP contribution in [0, 0.1) is 5.95 Å². The number of amides is 1. The van der Waals surface area contributed by atoms with Gasteiger partial charge in [0.05, 0.1) is 0 Å². The summed E-state index contributed by atoms with van der Waals surface area (Å²) in [6, 6.07) is 1.04. The average molecular weight is 214 g/mol. The van der Waals surface area contributed by atoms with Crippen molar-refractivity contribution in [2.45, 2.75) is 20.8 Å². The molecule has 0 aliphatic rings. The summed E-state index contributed by atoms with van der Waals surface area (Å²) in [5, 5.41) is 4.92. The molecule has 1 aromatic rings. The highest BCUT2D eigenvalue weighted by Gasteiger charge is 2.03. The van der Waals surface area contributed by atoms with E-state index in [0.29, 0.717) is 0 Å². The Balaban J connectivity index is 0.000000921. The van der Waals surface area contributed by atoms with Gasteiger partial charge in [0.1, 0.15) is 5.82 Å². The second-order valence-electron chi connectivity index (χ2n) is 2.33. The predicted molar refractivity (Wildman–Crippen MR) is 57.2 cm³/mol. The van der Waals surface area contributed by atoms with Crippen LogP contribution in [-0.4, -0.2) is 22.9 Å². The Morgan fingerprint density at radius 1 is 1.40 bits per heavy atom. The zero-order valence-corrected chi connectivity index (χ0v) is 9.26. The van der Waals surface area contributed by atoms with E-state index in [9.17, 15) is 9.18 Å². The van der Waals surface area contributed by atoms with Gasteiger partial charge in [-0.15, -0.1) is 0 Å². The maximum absolute atomic E-state index is 12.7. The molecule has 0 radical (unpaired) electrons. The second-order valence-corrected chi connectivity index (χ2v) is 2.33. The van der Waals surface area contributed by atoms with E-state index in [-0.39, 0.29) is 17.7 Å². The molecule has 0 fully saturated rings. The van der Waals surface area contributed by atoms with Gasteiger partial charge in [-0.2, -0.15) is 14.4 Å². The van der Waals surface area contributed by atoms with Crippen molar-refractivity contribution in [2.75, 3.05) is 17.7 Å². The molecule has 5 nitrogen and oxygen atoms in total. The van der Waals surface area contributed by atoms with E-state index in [4.69, 9.17) is 0 Å². The van der Waals surface area contributed by atoms with Crippen LogP contribution in [0.3, 0.4) is 0 Å². The first-order valence-corrected chi connectivity index (χ1v) is 4.61. The van der Waals surface area contributed by atoms with E-state index in [1.165, 1.54) is 6.92 Å². The fourth-order valence-electron chi connectivity index (χ4n) is 0.774. The summed E-state index contributed by atoms with van der Waals surface area (Å²) in [4.78, 5) is 17.8. The Labute approximate surface area is 88.1 Å². The Morgan fingerprint density at radius 3 is 2.47 bits per heavy atom. The smallest absolute Gasteiger partial charge is 0.227 e. The van der Waals surface area contributed by atoms with Gasteiger partial charge in [-0.3, -0.25) is 4.79 Å². The first-order valence-electron chi connectivity index (χ1n) is 4.61. The molecule has 1 aromatic heterocycles. The number of carbonyl (C=O) groups excluding carboxylic acids is 1. The van der Waals surface area contributed by atoms with Gasteiger partial charge in [-0.1, -0.05) is 13.8 Å². The molecule has 0 unspecified atom stereocenters. The van der Waals surface area contributed by atoms with E-state index in [2.05, 4.69) is 20.6 Å². The summed E-state index contributed by atoms with van der Waals surface area (Å²) >= 11 is 0. The molecule has 0 bridgehead atoms. The first-order chi connectivity index (χ1) is 7.11. The highest BCUT2D eigenvalue weighted by atomic mass is 19.1. The standard InChI is InChI=1S/C7H9FN4O.C2H6/c1-4(13)10-6-3-5(8)11-7(9-2)12-6;1-2/h3H,1-2H3,(H2,9,10,11,12,13);1-2H3. The molecule has 2 N–H and O–H groups in total. The Kier molecular flexibility index (Phi) is 5.92. The molecule has 0 spiro atoms. The maximum Gasteiger partial charge on any atom is 0.227 e. The van der Waals surface area contributed by atoms with E-state index < -0.39 is 5.95 Å². The van der Waals surface area contributed by atoms with E-state index in [0.717, 1.165) is 6.07 Å². The zero-order chi connectivity index (χ0) is 11.8. The summed E-state index contributed by atoms with van der Waals surface area (Å²) in [6.45, 7) is 5.32. The van der Waals surface area contributed by atoms with Crippen molar-refractivity contribution in [1.29, 1.82) is 0 Å². The second kappa shape index (κ2) is 6.69. The topological polar surface area (TPSA) is 66.9 Å². The molecule has 0 atom stereocenters. The van der Waals surface area contributed by atoms with Crippen LogP contribution < -0.4 is 10.6 Å². The van der Waals surface area contributed by atoms with Gasteiger partial charge in [0.25, 0.3) is 0 Å². The van der Waals surface area contributed by atoms with Crippen molar-refractivity contribution >= 4 is 17.7 Å². The van der Waals surface area contributed by atoms with Crippen LogP contribution in [0.2, 0.25) is 0 Å². The van der Waals surface area contributed by atoms with Crippen molar-refractivity contribution in [1.82, 2.24) is 9.97 Å². The normalized spacial score (nSPS) is 8.60. The fraction of sp³-hybridized carbons (Fsp3) is 0.444. The van der Waals surface area contributed by atoms with Gasteiger partial charge >= 0.3 is 0 Å². The van der Waals surface area contributed by atoms with E-state index >= 15 is 0 Å². The number of anilines is 2. The lowest BCUT2D eigenvalue weighted by atomic mass is 10.5. The van der Waals surface area contributed by atoms with Gasteiger partial charge in [0.15, 0.2) is 0 Å². The summed E-state index contributed by atoms with van der Waals surface area (Å²) in [6.07, 6.45) is 0. The average Bonchev–Trinajstić information content (AvgIpc) is 2.18. The van der Waals surface area contributed by atoms with Crippen LogP contribution in [0.25, 0.3) is 0 Å². The Hall–Kier alpha value is -1.72. The number of carbonyl (C=O) groups is 1.